The largest absolute Gasteiger partial charge is 0.462 e. The molecule has 28 heavy (non-hydrogen) atoms. The van der Waals surface area contributed by atoms with Crippen LogP contribution in [0.4, 0.5) is 5.13 Å². The molecule has 1 N–H and O–H groups in total. The monoisotopic (exact) mass is 485 g/mol. The van der Waals surface area contributed by atoms with Crippen LogP contribution >= 0.6 is 39.0 Å². The van der Waals surface area contributed by atoms with Crippen LogP contribution in [0.1, 0.15) is 22.3 Å². The Morgan fingerprint density at radius 3 is 2.86 bits per heavy atom. The third-order valence-corrected chi connectivity index (χ3v) is 5.96. The molecular weight excluding hydrogens is 470 g/mol. The first-order valence-corrected chi connectivity index (χ1v) is 10.7. The van der Waals surface area contributed by atoms with Crippen LogP contribution in [-0.2, 0) is 16.6 Å². The van der Waals surface area contributed by atoms with E-state index >= 15 is 0 Å². The van der Waals surface area contributed by atoms with Gasteiger partial charge < -0.3 is 19.0 Å². The number of carbonyl (C=O) groups excluding carboxylic acids is 2. The maximum Gasteiger partial charge on any atom is 0.350 e. The summed E-state index contributed by atoms with van der Waals surface area (Å²) in [4.78, 5) is 28.6. The Bertz CT molecular complexity index is 1010. The number of ether oxygens (including phenoxy) is 1. The highest BCUT2D eigenvalue weighted by Crippen LogP contribution is 2.27. The number of halogens is 1. The molecule has 0 radical (unpaired) electrons. The van der Waals surface area contributed by atoms with Gasteiger partial charge in [0.1, 0.15) is 4.88 Å². The molecular formula is C16H16BrN5O4S2. The summed E-state index contributed by atoms with van der Waals surface area (Å²) in [6.07, 6.45) is 0. The minimum atomic E-state index is -0.441. The van der Waals surface area contributed by atoms with Crippen molar-refractivity contribution >= 4 is 56.0 Å². The summed E-state index contributed by atoms with van der Waals surface area (Å²) in [6, 6.07) is 3.55. The molecule has 3 heterocycles. The van der Waals surface area contributed by atoms with Gasteiger partial charge in [-0.1, -0.05) is 23.1 Å². The van der Waals surface area contributed by atoms with E-state index in [0.29, 0.717) is 37.1 Å². The number of anilines is 1. The number of esters is 1. The van der Waals surface area contributed by atoms with Gasteiger partial charge in [-0.15, -0.1) is 10.2 Å². The van der Waals surface area contributed by atoms with Crippen LogP contribution in [0.2, 0.25) is 0 Å². The van der Waals surface area contributed by atoms with Crippen molar-refractivity contribution in [2.45, 2.75) is 19.0 Å². The number of aromatic nitrogens is 4. The Morgan fingerprint density at radius 1 is 1.39 bits per heavy atom. The highest BCUT2D eigenvalue weighted by atomic mass is 79.9. The van der Waals surface area contributed by atoms with Gasteiger partial charge in [-0.2, -0.15) is 0 Å². The van der Waals surface area contributed by atoms with Crippen LogP contribution < -0.4 is 5.32 Å². The molecule has 3 aromatic heterocycles. The fourth-order valence-corrected chi connectivity index (χ4v) is 4.10. The molecule has 0 fully saturated rings. The zero-order valence-electron chi connectivity index (χ0n) is 15.2. The van der Waals surface area contributed by atoms with Crippen LogP contribution in [0.3, 0.4) is 0 Å². The van der Waals surface area contributed by atoms with Gasteiger partial charge in [0.05, 0.1) is 18.1 Å². The van der Waals surface area contributed by atoms with Gasteiger partial charge in [0.25, 0.3) is 0 Å². The number of nitrogens with one attached hydrogen (secondary N) is 1. The Kier molecular flexibility index (Phi) is 6.52. The second kappa shape index (κ2) is 8.88. The number of thiazole rings is 1. The average Bonchev–Trinajstić information content (AvgIpc) is 3.32. The molecule has 0 saturated carbocycles. The van der Waals surface area contributed by atoms with Crippen molar-refractivity contribution in [1.82, 2.24) is 19.7 Å². The molecule has 0 atom stereocenters. The summed E-state index contributed by atoms with van der Waals surface area (Å²) >= 11 is 5.57. The number of carbonyl (C=O) groups is 2. The first-order chi connectivity index (χ1) is 13.4. The average molecular weight is 486 g/mol. The second-order valence-corrected chi connectivity index (χ2v) is 8.18. The Hall–Kier alpha value is -2.18. The number of furan rings is 1. The van der Waals surface area contributed by atoms with Gasteiger partial charge in [-0.3, -0.25) is 4.79 Å². The minimum Gasteiger partial charge on any atom is -0.462 e. The lowest BCUT2D eigenvalue weighted by Gasteiger charge is -2.02. The molecule has 0 saturated heterocycles. The molecule has 0 spiro atoms. The normalized spacial score (nSPS) is 10.9. The highest BCUT2D eigenvalue weighted by molar-refractivity contribution is 9.10. The molecule has 1 amide bonds. The van der Waals surface area contributed by atoms with Crippen LogP contribution in [-0.4, -0.2) is 44.0 Å². The van der Waals surface area contributed by atoms with Crippen molar-refractivity contribution in [3.63, 3.8) is 0 Å². The topological polar surface area (TPSA) is 112 Å². The number of amides is 1. The molecule has 0 aliphatic carbocycles. The molecule has 148 valence electrons. The summed E-state index contributed by atoms with van der Waals surface area (Å²) in [5.41, 5.74) is 0.522. The lowest BCUT2D eigenvalue weighted by atomic mass is 10.4. The first-order valence-electron chi connectivity index (χ1n) is 8.11. The quantitative estimate of drug-likeness (QED) is 0.399. The van der Waals surface area contributed by atoms with Gasteiger partial charge in [0, 0.05) is 7.05 Å². The van der Waals surface area contributed by atoms with Gasteiger partial charge in [-0.25, -0.2) is 9.78 Å². The zero-order chi connectivity index (χ0) is 20.3. The van der Waals surface area contributed by atoms with E-state index in [0.717, 1.165) is 11.3 Å². The van der Waals surface area contributed by atoms with E-state index in [4.69, 9.17) is 9.15 Å². The summed E-state index contributed by atoms with van der Waals surface area (Å²) in [5.74, 6) is 0.537. The number of rotatable bonds is 7. The van der Waals surface area contributed by atoms with Crippen LogP contribution in [0.5, 0.6) is 0 Å². The first kappa shape index (κ1) is 20.6. The fraction of sp³-hybridized carbons (Fsp3) is 0.312. The van der Waals surface area contributed by atoms with Gasteiger partial charge in [0.2, 0.25) is 5.91 Å². The third kappa shape index (κ3) is 4.62. The molecule has 0 aromatic carbocycles. The maximum absolute atomic E-state index is 12.2. The zero-order valence-corrected chi connectivity index (χ0v) is 18.4. The van der Waals surface area contributed by atoms with Crippen molar-refractivity contribution in [1.29, 1.82) is 0 Å². The van der Waals surface area contributed by atoms with Crippen molar-refractivity contribution < 1.29 is 18.7 Å². The lowest BCUT2D eigenvalue weighted by Crippen LogP contribution is -2.14. The molecule has 0 aliphatic heterocycles. The smallest absolute Gasteiger partial charge is 0.350 e. The van der Waals surface area contributed by atoms with Crippen LogP contribution in [0.15, 0.2) is 26.4 Å². The van der Waals surface area contributed by atoms with Gasteiger partial charge in [0.15, 0.2) is 26.5 Å². The van der Waals surface area contributed by atoms with E-state index in [-0.39, 0.29) is 18.3 Å². The minimum absolute atomic E-state index is 0.112. The van der Waals surface area contributed by atoms with Gasteiger partial charge >= 0.3 is 5.97 Å². The van der Waals surface area contributed by atoms with Crippen molar-refractivity contribution in [3.05, 3.63) is 27.4 Å². The molecule has 0 bridgehead atoms. The van der Waals surface area contributed by atoms with E-state index in [1.807, 2.05) is 0 Å². The number of thioether (sulfide) groups is 1. The Labute approximate surface area is 177 Å². The summed E-state index contributed by atoms with van der Waals surface area (Å²) in [7, 11) is 1.79. The van der Waals surface area contributed by atoms with Crippen molar-refractivity contribution in [2.75, 3.05) is 17.7 Å². The number of aryl methyl sites for hydroxylation is 1. The van der Waals surface area contributed by atoms with Crippen LogP contribution in [0.25, 0.3) is 11.6 Å². The Balaban J connectivity index is 1.60. The van der Waals surface area contributed by atoms with E-state index in [1.165, 1.54) is 11.8 Å². The highest BCUT2D eigenvalue weighted by Gasteiger charge is 2.19. The van der Waals surface area contributed by atoms with Crippen molar-refractivity contribution in [3.8, 4) is 11.6 Å². The summed E-state index contributed by atoms with van der Waals surface area (Å²) in [5, 5.41) is 11.8. The second-order valence-electron chi connectivity index (χ2n) is 5.46. The molecule has 0 aliphatic rings. The predicted molar refractivity (Wildman–Crippen MR) is 109 cm³/mol. The predicted octanol–water partition coefficient (Wildman–Crippen LogP) is 3.51. The van der Waals surface area contributed by atoms with E-state index in [1.54, 1.807) is 37.6 Å². The SMILES string of the molecule is CCOC(=O)c1sc(NC(=O)CSc2nnc(-c3ccc(Br)o3)n2C)nc1C. The third-order valence-electron chi connectivity index (χ3n) is 3.46. The summed E-state index contributed by atoms with van der Waals surface area (Å²) < 4.78 is 12.8. The van der Waals surface area contributed by atoms with Gasteiger partial charge in [-0.05, 0) is 41.9 Å². The molecule has 0 unspecified atom stereocenters. The standard InChI is InChI=1S/C16H16BrN5O4S2/c1-4-25-14(24)12-8(2)18-15(28-12)19-11(23)7-27-16-21-20-13(22(16)3)9-5-6-10(17)26-9/h5-6H,4,7H2,1-3H3,(H,18,19,23). The van der Waals surface area contributed by atoms with Crippen LogP contribution in [0, 0.1) is 6.92 Å². The number of hydrogen-bond donors (Lipinski definition) is 1. The number of nitrogens with zero attached hydrogens (tertiary/aromatic N) is 4. The molecule has 9 nitrogen and oxygen atoms in total. The number of hydrogen-bond acceptors (Lipinski definition) is 9. The fourth-order valence-electron chi connectivity index (χ4n) is 2.21. The molecule has 3 rings (SSSR count). The molecule has 12 heteroatoms. The van der Waals surface area contributed by atoms with E-state index < -0.39 is 5.97 Å². The van der Waals surface area contributed by atoms with E-state index in [9.17, 15) is 9.59 Å². The van der Waals surface area contributed by atoms with Crippen molar-refractivity contribution in [2.24, 2.45) is 7.05 Å². The van der Waals surface area contributed by atoms with E-state index in [2.05, 4.69) is 36.4 Å². The Morgan fingerprint density at radius 2 is 2.18 bits per heavy atom. The summed E-state index contributed by atoms with van der Waals surface area (Å²) in [6.45, 7) is 3.71. The molecule has 3 aromatic rings. The maximum atomic E-state index is 12.2. The lowest BCUT2D eigenvalue weighted by molar-refractivity contribution is -0.113.